The fourth-order valence-corrected chi connectivity index (χ4v) is 1.80. The second kappa shape index (κ2) is 17.5. The van der Waals surface area contributed by atoms with Crippen molar-refractivity contribution in [2.24, 2.45) is 0 Å². The number of aliphatic hydroxyl groups is 2. The summed E-state index contributed by atoms with van der Waals surface area (Å²) in [7, 11) is 0. The van der Waals surface area contributed by atoms with Crippen LogP contribution in [-0.2, 0) is 4.79 Å². The molecule has 0 amide bonds. The SMILES string of the molecule is CCC=CC[C@H](O)C#CC=CC=C[C@H](O)CC=CCC=CCCC(=O)O. The summed E-state index contributed by atoms with van der Waals surface area (Å²) < 4.78 is 0. The molecular weight excluding hydrogens is 328 g/mol. The first-order chi connectivity index (χ1) is 12.6. The largest absolute Gasteiger partial charge is 0.481 e. The molecule has 0 bridgehead atoms. The third-order valence-corrected chi connectivity index (χ3v) is 3.14. The Balaban J connectivity index is 3.92. The van der Waals surface area contributed by atoms with Crippen molar-refractivity contribution >= 4 is 5.97 Å². The highest BCUT2D eigenvalue weighted by molar-refractivity contribution is 5.66. The maximum Gasteiger partial charge on any atom is 0.303 e. The smallest absolute Gasteiger partial charge is 0.303 e. The van der Waals surface area contributed by atoms with Gasteiger partial charge in [-0.1, -0.05) is 73.4 Å². The van der Waals surface area contributed by atoms with E-state index in [-0.39, 0.29) is 6.42 Å². The first-order valence-corrected chi connectivity index (χ1v) is 8.93. The summed E-state index contributed by atoms with van der Waals surface area (Å²) in [6.07, 6.45) is 20.4. The van der Waals surface area contributed by atoms with Crippen LogP contribution in [0, 0.1) is 11.8 Å². The van der Waals surface area contributed by atoms with Gasteiger partial charge in [-0.3, -0.25) is 4.79 Å². The van der Waals surface area contributed by atoms with Crippen LogP contribution >= 0.6 is 0 Å². The van der Waals surface area contributed by atoms with Crippen molar-refractivity contribution in [2.75, 3.05) is 0 Å². The predicted molar refractivity (Wildman–Crippen MR) is 107 cm³/mol. The van der Waals surface area contributed by atoms with Gasteiger partial charge in [0.1, 0.15) is 6.10 Å². The standard InChI is InChI=1S/C22H30O4/c1-2-3-10-15-20(23)17-12-8-9-13-18-21(24)16-11-6-4-5-7-14-19-22(25)26/h3,5-11,13,18,20-21,23-24H,2,4,14-16,19H2,1H3,(H,25,26)/t20-,21+/m0/s1. The van der Waals surface area contributed by atoms with Crippen LogP contribution in [0.25, 0.3) is 0 Å². The molecule has 0 aromatic carbocycles. The zero-order valence-electron chi connectivity index (χ0n) is 15.4. The number of aliphatic carboxylic acids is 1. The minimum Gasteiger partial charge on any atom is -0.481 e. The van der Waals surface area contributed by atoms with Crippen LogP contribution in [0.15, 0.2) is 60.8 Å². The summed E-state index contributed by atoms with van der Waals surface area (Å²) in [5, 5.41) is 27.8. The molecule has 0 aromatic heterocycles. The minimum atomic E-state index is -0.791. The van der Waals surface area contributed by atoms with Crippen molar-refractivity contribution in [3.8, 4) is 11.8 Å². The van der Waals surface area contributed by atoms with E-state index < -0.39 is 18.2 Å². The Morgan fingerprint density at radius 1 is 1.00 bits per heavy atom. The van der Waals surface area contributed by atoms with Crippen LogP contribution in [0.4, 0.5) is 0 Å². The van der Waals surface area contributed by atoms with E-state index in [1.54, 1.807) is 24.3 Å². The average Bonchev–Trinajstić information content (AvgIpc) is 2.60. The lowest BCUT2D eigenvalue weighted by Gasteiger charge is -1.98. The minimum absolute atomic E-state index is 0.149. The number of carboxylic acids is 1. The fraction of sp³-hybridized carbons (Fsp3) is 0.409. The topological polar surface area (TPSA) is 77.8 Å². The summed E-state index contributed by atoms with van der Waals surface area (Å²) >= 11 is 0. The van der Waals surface area contributed by atoms with Crippen molar-refractivity contribution in [1.82, 2.24) is 0 Å². The summed E-state index contributed by atoms with van der Waals surface area (Å²) in [5.41, 5.74) is 0. The quantitative estimate of drug-likeness (QED) is 0.280. The normalized spacial score (nSPS) is 14.6. The van der Waals surface area contributed by atoms with Crippen molar-refractivity contribution in [3.63, 3.8) is 0 Å². The van der Waals surface area contributed by atoms with Gasteiger partial charge >= 0.3 is 5.97 Å². The summed E-state index contributed by atoms with van der Waals surface area (Å²) in [6, 6.07) is 0. The Morgan fingerprint density at radius 3 is 2.46 bits per heavy atom. The number of allylic oxidation sites excluding steroid dienone is 7. The van der Waals surface area contributed by atoms with E-state index in [0.29, 0.717) is 19.3 Å². The van der Waals surface area contributed by atoms with Gasteiger partial charge in [0, 0.05) is 12.8 Å². The second-order valence-electron chi connectivity index (χ2n) is 5.58. The Kier molecular flexibility index (Phi) is 15.9. The van der Waals surface area contributed by atoms with Gasteiger partial charge in [-0.15, -0.1) is 0 Å². The van der Waals surface area contributed by atoms with Crippen molar-refractivity contribution < 1.29 is 20.1 Å². The number of hydrogen-bond acceptors (Lipinski definition) is 3. The summed E-state index contributed by atoms with van der Waals surface area (Å²) in [5.74, 6) is 4.69. The van der Waals surface area contributed by atoms with Crippen molar-refractivity contribution in [1.29, 1.82) is 0 Å². The van der Waals surface area contributed by atoms with Crippen LogP contribution in [0.2, 0.25) is 0 Å². The maximum atomic E-state index is 10.3. The molecule has 0 unspecified atom stereocenters. The van der Waals surface area contributed by atoms with Gasteiger partial charge in [-0.05, 0) is 31.8 Å². The van der Waals surface area contributed by atoms with Gasteiger partial charge < -0.3 is 15.3 Å². The van der Waals surface area contributed by atoms with Crippen LogP contribution in [0.5, 0.6) is 0 Å². The van der Waals surface area contributed by atoms with E-state index in [9.17, 15) is 15.0 Å². The van der Waals surface area contributed by atoms with Gasteiger partial charge in [0.2, 0.25) is 0 Å². The van der Waals surface area contributed by atoms with E-state index in [0.717, 1.165) is 12.8 Å². The highest BCUT2D eigenvalue weighted by atomic mass is 16.4. The van der Waals surface area contributed by atoms with E-state index in [4.69, 9.17) is 5.11 Å². The number of aliphatic hydroxyl groups excluding tert-OH is 2. The van der Waals surface area contributed by atoms with Crippen molar-refractivity contribution in [2.45, 2.75) is 57.7 Å². The van der Waals surface area contributed by atoms with E-state index in [1.165, 1.54) is 0 Å². The third-order valence-electron chi connectivity index (χ3n) is 3.14. The Labute approximate surface area is 156 Å². The average molecular weight is 358 g/mol. The molecule has 0 radical (unpaired) electrons. The predicted octanol–water partition coefficient (Wildman–Crippen LogP) is 3.94. The molecule has 142 valence electrons. The summed E-state index contributed by atoms with van der Waals surface area (Å²) in [4.78, 5) is 10.3. The first kappa shape index (κ1) is 23.6. The maximum absolute atomic E-state index is 10.3. The van der Waals surface area contributed by atoms with Gasteiger partial charge in [0.15, 0.2) is 0 Å². The van der Waals surface area contributed by atoms with E-state index in [2.05, 4.69) is 11.8 Å². The van der Waals surface area contributed by atoms with Gasteiger partial charge in [-0.25, -0.2) is 0 Å². The molecule has 4 heteroatoms. The molecule has 4 nitrogen and oxygen atoms in total. The zero-order chi connectivity index (χ0) is 19.5. The molecule has 3 N–H and O–H groups in total. The van der Waals surface area contributed by atoms with E-state index >= 15 is 0 Å². The number of carboxylic acid groups (broad SMARTS) is 1. The molecule has 0 aliphatic heterocycles. The number of hydrogen-bond donors (Lipinski definition) is 3. The zero-order valence-corrected chi connectivity index (χ0v) is 15.4. The monoisotopic (exact) mass is 358 g/mol. The molecule has 0 aliphatic rings. The third kappa shape index (κ3) is 18.0. The van der Waals surface area contributed by atoms with Crippen LogP contribution in [0.1, 0.15) is 45.4 Å². The van der Waals surface area contributed by atoms with E-state index in [1.807, 2.05) is 43.4 Å². The molecule has 2 atom stereocenters. The molecule has 0 aliphatic carbocycles. The molecular formula is C22H30O4. The Bertz CT molecular complexity index is 571. The fourth-order valence-electron chi connectivity index (χ4n) is 1.80. The molecule has 0 fully saturated rings. The van der Waals surface area contributed by atoms with Crippen LogP contribution in [-0.4, -0.2) is 33.5 Å². The lowest BCUT2D eigenvalue weighted by atomic mass is 10.2. The molecule has 26 heavy (non-hydrogen) atoms. The lowest BCUT2D eigenvalue weighted by molar-refractivity contribution is -0.136. The molecule has 0 saturated heterocycles. The Morgan fingerprint density at radius 2 is 1.73 bits per heavy atom. The number of carbonyl (C=O) groups is 1. The lowest BCUT2D eigenvalue weighted by Crippen LogP contribution is -1.99. The van der Waals surface area contributed by atoms with Crippen LogP contribution < -0.4 is 0 Å². The van der Waals surface area contributed by atoms with Crippen molar-refractivity contribution in [3.05, 3.63) is 60.8 Å². The van der Waals surface area contributed by atoms with Gasteiger partial charge in [0.25, 0.3) is 0 Å². The van der Waals surface area contributed by atoms with Gasteiger partial charge in [-0.2, -0.15) is 0 Å². The molecule has 0 rings (SSSR count). The molecule has 0 saturated carbocycles. The second-order valence-corrected chi connectivity index (χ2v) is 5.58. The molecule has 0 spiro atoms. The Hall–Kier alpha value is -2.35. The van der Waals surface area contributed by atoms with Gasteiger partial charge in [0.05, 0.1) is 6.10 Å². The summed E-state index contributed by atoms with van der Waals surface area (Å²) in [6.45, 7) is 2.04. The first-order valence-electron chi connectivity index (χ1n) is 8.93. The van der Waals surface area contributed by atoms with Crippen LogP contribution in [0.3, 0.4) is 0 Å². The highest BCUT2D eigenvalue weighted by Gasteiger charge is 1.94. The molecule has 0 aromatic rings. The highest BCUT2D eigenvalue weighted by Crippen LogP contribution is 1.99. The number of rotatable bonds is 12. The molecule has 0 heterocycles.